The van der Waals surface area contributed by atoms with Gasteiger partial charge in [0.1, 0.15) is 0 Å². The summed E-state index contributed by atoms with van der Waals surface area (Å²) in [6.07, 6.45) is -4.74. The van der Waals surface area contributed by atoms with E-state index in [4.69, 9.17) is 0 Å². The quantitative estimate of drug-likeness (QED) is 0.701. The van der Waals surface area contributed by atoms with Gasteiger partial charge in [-0.1, -0.05) is 23.4 Å². The minimum absolute atomic E-state index is 0.0574. The number of aromatic nitrogens is 2. The normalized spacial score (nSPS) is 12.3. The topological polar surface area (TPSA) is 73.1 Å². The Kier molecular flexibility index (Phi) is 4.11. The van der Waals surface area contributed by atoms with Crippen molar-refractivity contribution in [2.45, 2.75) is 22.9 Å². The second-order valence-electron chi connectivity index (χ2n) is 5.22. The number of alkyl halides is 3. The van der Waals surface area contributed by atoms with Crippen LogP contribution in [0.5, 0.6) is 0 Å². The van der Waals surface area contributed by atoms with Crippen LogP contribution in [-0.2, 0) is 16.0 Å². The van der Waals surface area contributed by atoms with Gasteiger partial charge >= 0.3 is 12.1 Å². The summed E-state index contributed by atoms with van der Waals surface area (Å²) in [5, 5.41) is 3.29. The van der Waals surface area contributed by atoms with Crippen LogP contribution in [0.4, 0.5) is 13.2 Å². The third-order valence-electron chi connectivity index (χ3n) is 3.44. The highest BCUT2D eigenvalue weighted by Crippen LogP contribution is 2.31. The van der Waals surface area contributed by atoms with E-state index in [2.05, 4.69) is 14.7 Å². The lowest BCUT2D eigenvalue weighted by atomic mass is 10.1. The molecule has 2 aromatic carbocycles. The molecule has 3 rings (SSSR count). The zero-order valence-electron chi connectivity index (χ0n) is 12.8. The number of benzene rings is 2. The first-order valence-electron chi connectivity index (χ1n) is 7.01. The van der Waals surface area contributed by atoms with E-state index in [9.17, 15) is 21.6 Å². The molecule has 5 nitrogen and oxygen atoms in total. The molecule has 1 heterocycles. The van der Waals surface area contributed by atoms with Gasteiger partial charge in [-0.25, -0.2) is 8.42 Å². The maximum Gasteiger partial charge on any atom is 0.471 e. The first kappa shape index (κ1) is 17.2. The van der Waals surface area contributed by atoms with Crippen molar-refractivity contribution in [3.63, 3.8) is 0 Å². The summed E-state index contributed by atoms with van der Waals surface area (Å²) >= 11 is 0. The van der Waals surface area contributed by atoms with E-state index in [1.165, 1.54) is 30.3 Å². The Labute approximate surface area is 141 Å². The van der Waals surface area contributed by atoms with E-state index in [-0.39, 0.29) is 21.2 Å². The lowest BCUT2D eigenvalue weighted by molar-refractivity contribution is -0.159. The third kappa shape index (κ3) is 3.27. The van der Waals surface area contributed by atoms with Gasteiger partial charge in [0.25, 0.3) is 0 Å². The van der Waals surface area contributed by atoms with E-state index in [0.29, 0.717) is 5.56 Å². The van der Waals surface area contributed by atoms with Gasteiger partial charge < -0.3 is 4.52 Å². The zero-order chi connectivity index (χ0) is 18.2. The summed E-state index contributed by atoms with van der Waals surface area (Å²) in [5.41, 5.74) is 0.587. The van der Waals surface area contributed by atoms with Gasteiger partial charge in [0, 0.05) is 5.56 Å². The number of hydrogen-bond donors (Lipinski definition) is 0. The summed E-state index contributed by atoms with van der Waals surface area (Å²) in [7, 11) is -3.73. The fourth-order valence-electron chi connectivity index (χ4n) is 2.27. The highest BCUT2D eigenvalue weighted by atomic mass is 32.2. The Balaban J connectivity index is 2.01. The monoisotopic (exact) mass is 368 g/mol. The number of aryl methyl sites for hydroxylation is 1. The second kappa shape index (κ2) is 5.99. The van der Waals surface area contributed by atoms with E-state index in [1.54, 1.807) is 25.1 Å². The molecular weight excluding hydrogens is 357 g/mol. The fraction of sp³-hybridized carbons (Fsp3) is 0.125. The van der Waals surface area contributed by atoms with Crippen LogP contribution in [0.2, 0.25) is 0 Å². The maximum absolute atomic E-state index is 12.6. The van der Waals surface area contributed by atoms with Gasteiger partial charge in [0.2, 0.25) is 15.7 Å². The third-order valence-corrected chi connectivity index (χ3v) is 5.37. The predicted octanol–water partition coefficient (Wildman–Crippen LogP) is 3.90. The van der Waals surface area contributed by atoms with Gasteiger partial charge in [-0.15, -0.1) is 0 Å². The van der Waals surface area contributed by atoms with Crippen LogP contribution in [-0.4, -0.2) is 18.6 Å². The Morgan fingerprint density at radius 1 is 1.04 bits per heavy atom. The van der Waals surface area contributed by atoms with Gasteiger partial charge in [0.05, 0.1) is 9.79 Å². The molecule has 0 atom stereocenters. The van der Waals surface area contributed by atoms with Crippen molar-refractivity contribution in [2.24, 2.45) is 0 Å². The van der Waals surface area contributed by atoms with Crippen LogP contribution < -0.4 is 0 Å². The van der Waals surface area contributed by atoms with Crippen molar-refractivity contribution in [2.75, 3.05) is 0 Å². The first-order valence-corrected chi connectivity index (χ1v) is 8.50. The van der Waals surface area contributed by atoms with Crippen LogP contribution in [0.15, 0.2) is 62.8 Å². The number of nitrogens with zero attached hydrogens (tertiary/aromatic N) is 2. The molecule has 0 radical (unpaired) electrons. The largest absolute Gasteiger partial charge is 0.471 e. The van der Waals surface area contributed by atoms with Gasteiger partial charge in [-0.3, -0.25) is 0 Å². The van der Waals surface area contributed by atoms with Crippen LogP contribution in [0.1, 0.15) is 11.5 Å². The van der Waals surface area contributed by atoms with Crippen molar-refractivity contribution in [3.8, 4) is 11.4 Å². The minimum Gasteiger partial charge on any atom is -0.329 e. The highest BCUT2D eigenvalue weighted by molar-refractivity contribution is 7.91. The predicted molar refractivity (Wildman–Crippen MR) is 81.4 cm³/mol. The van der Waals surface area contributed by atoms with Crippen LogP contribution in [0.25, 0.3) is 11.4 Å². The molecular formula is C16H11F3N2O3S. The Morgan fingerprint density at radius 2 is 1.72 bits per heavy atom. The zero-order valence-corrected chi connectivity index (χ0v) is 13.6. The smallest absolute Gasteiger partial charge is 0.329 e. The summed E-state index contributed by atoms with van der Waals surface area (Å²) in [6, 6.07) is 11.9. The summed E-state index contributed by atoms with van der Waals surface area (Å²) in [6.45, 7) is 1.55. The highest BCUT2D eigenvalue weighted by Gasteiger charge is 2.38. The average molecular weight is 368 g/mol. The number of hydrogen-bond acceptors (Lipinski definition) is 5. The summed E-state index contributed by atoms with van der Waals surface area (Å²) in [5.74, 6) is -1.72. The number of halogens is 3. The summed E-state index contributed by atoms with van der Waals surface area (Å²) < 4.78 is 67.1. The molecule has 0 spiro atoms. The van der Waals surface area contributed by atoms with E-state index >= 15 is 0 Å². The molecule has 0 aliphatic heterocycles. The van der Waals surface area contributed by atoms with E-state index < -0.39 is 21.9 Å². The molecule has 0 saturated heterocycles. The molecule has 0 bridgehead atoms. The number of sulfone groups is 1. The SMILES string of the molecule is Cc1cc(-c2noc(C(F)(F)F)n2)ccc1S(=O)(=O)c1ccccc1. The average Bonchev–Trinajstić information content (AvgIpc) is 3.05. The number of rotatable bonds is 3. The molecule has 25 heavy (non-hydrogen) atoms. The van der Waals surface area contributed by atoms with E-state index in [0.717, 1.165) is 0 Å². The molecule has 9 heteroatoms. The van der Waals surface area contributed by atoms with Crippen LogP contribution in [0.3, 0.4) is 0 Å². The summed E-state index contributed by atoms with van der Waals surface area (Å²) in [4.78, 5) is 3.48. The molecule has 0 N–H and O–H groups in total. The van der Waals surface area contributed by atoms with Crippen molar-refractivity contribution in [3.05, 3.63) is 60.0 Å². The molecule has 0 unspecified atom stereocenters. The van der Waals surface area contributed by atoms with E-state index in [1.807, 2.05) is 0 Å². The van der Waals surface area contributed by atoms with Crippen LogP contribution in [0, 0.1) is 6.92 Å². The minimum atomic E-state index is -4.74. The van der Waals surface area contributed by atoms with Crippen molar-refractivity contribution in [1.82, 2.24) is 10.1 Å². The molecule has 0 saturated carbocycles. The van der Waals surface area contributed by atoms with Crippen molar-refractivity contribution >= 4 is 9.84 Å². The molecule has 0 fully saturated rings. The van der Waals surface area contributed by atoms with Gasteiger partial charge in [-0.05, 0) is 42.8 Å². The Hall–Kier alpha value is -2.68. The first-order chi connectivity index (χ1) is 11.7. The van der Waals surface area contributed by atoms with Crippen LogP contribution >= 0.6 is 0 Å². The lowest BCUT2D eigenvalue weighted by Gasteiger charge is -2.08. The molecule has 130 valence electrons. The molecule has 0 amide bonds. The Bertz CT molecular complexity index is 1010. The van der Waals surface area contributed by atoms with Crippen molar-refractivity contribution in [1.29, 1.82) is 0 Å². The molecule has 3 aromatic rings. The van der Waals surface area contributed by atoms with Gasteiger partial charge in [-0.2, -0.15) is 18.2 Å². The fourth-order valence-corrected chi connectivity index (χ4v) is 3.77. The standard InChI is InChI=1S/C16H11F3N2O3S/c1-10-9-11(14-20-15(24-21-14)16(17,18)19)7-8-13(10)25(22,23)12-5-3-2-4-6-12/h2-9H,1H3. The lowest BCUT2D eigenvalue weighted by Crippen LogP contribution is -2.05. The van der Waals surface area contributed by atoms with Crippen molar-refractivity contribution < 1.29 is 26.1 Å². The maximum atomic E-state index is 12.6. The van der Waals surface area contributed by atoms with Gasteiger partial charge in [0.15, 0.2) is 0 Å². The Morgan fingerprint density at radius 3 is 2.28 bits per heavy atom. The molecule has 0 aliphatic rings. The molecule has 1 aromatic heterocycles. The second-order valence-corrected chi connectivity index (χ2v) is 7.14. The molecule has 0 aliphatic carbocycles.